The van der Waals surface area contributed by atoms with Crippen LogP contribution in [0.3, 0.4) is 0 Å². The molecule has 0 saturated carbocycles. The van der Waals surface area contributed by atoms with E-state index in [-0.39, 0.29) is 5.69 Å². The molecule has 0 spiro atoms. The summed E-state index contributed by atoms with van der Waals surface area (Å²) in [4.78, 5) is 41.7. The maximum absolute atomic E-state index is 14.0. The standard InChI is InChI=1S/C22H16F4N4O4/c1-2-28-11-27-16-8-13(6-7-17(16)28)29-10-14(20(32)33)19(31)30(21(29)34)9-12-4-3-5-15(23)18(12)22(24,25)26/h3-8,10-11H,2,9H2,1H3,(H,32,33). The van der Waals surface area contributed by atoms with Crippen molar-refractivity contribution in [1.82, 2.24) is 18.7 Å². The Bertz CT molecular complexity index is 1550. The molecular weight excluding hydrogens is 460 g/mol. The monoisotopic (exact) mass is 476 g/mol. The van der Waals surface area contributed by atoms with Crippen molar-refractivity contribution in [1.29, 1.82) is 0 Å². The average Bonchev–Trinajstić information content (AvgIpc) is 3.18. The second-order valence-electron chi connectivity index (χ2n) is 7.37. The van der Waals surface area contributed by atoms with E-state index in [0.29, 0.717) is 22.7 Å². The second-order valence-corrected chi connectivity index (χ2v) is 7.37. The number of carboxylic acids is 1. The Morgan fingerprint density at radius 2 is 1.88 bits per heavy atom. The van der Waals surface area contributed by atoms with Gasteiger partial charge in [-0.25, -0.2) is 19.0 Å². The van der Waals surface area contributed by atoms with Crippen molar-refractivity contribution in [2.24, 2.45) is 0 Å². The molecule has 0 aliphatic rings. The zero-order chi connectivity index (χ0) is 24.8. The number of hydrogen-bond donors (Lipinski definition) is 1. The molecule has 12 heteroatoms. The SMILES string of the molecule is CCn1cnc2cc(-n3cc(C(=O)O)c(=O)n(Cc4cccc(F)c4C(F)(F)F)c3=O)ccc21. The van der Waals surface area contributed by atoms with Gasteiger partial charge in [0.25, 0.3) is 5.56 Å². The largest absolute Gasteiger partial charge is 0.477 e. The van der Waals surface area contributed by atoms with Crippen molar-refractivity contribution in [3.8, 4) is 5.69 Å². The predicted molar refractivity (Wildman–Crippen MR) is 113 cm³/mol. The van der Waals surface area contributed by atoms with Gasteiger partial charge < -0.3 is 9.67 Å². The molecule has 0 radical (unpaired) electrons. The van der Waals surface area contributed by atoms with E-state index in [9.17, 15) is 37.1 Å². The number of hydrogen-bond acceptors (Lipinski definition) is 4. The van der Waals surface area contributed by atoms with Crippen LogP contribution in [0.15, 0.2) is 58.5 Å². The third-order valence-electron chi connectivity index (χ3n) is 5.34. The number of alkyl halides is 3. The van der Waals surface area contributed by atoms with E-state index >= 15 is 0 Å². The Labute approximate surface area is 187 Å². The average molecular weight is 476 g/mol. The molecule has 8 nitrogen and oxygen atoms in total. The van der Waals surface area contributed by atoms with Crippen molar-refractivity contribution in [2.45, 2.75) is 26.2 Å². The first-order chi connectivity index (χ1) is 16.0. The number of fused-ring (bicyclic) bond motifs is 1. The molecule has 0 fully saturated rings. The fraction of sp³-hybridized carbons (Fsp3) is 0.182. The molecule has 4 rings (SSSR count). The van der Waals surface area contributed by atoms with E-state index in [2.05, 4.69) is 4.98 Å². The highest BCUT2D eigenvalue weighted by Crippen LogP contribution is 2.34. The molecule has 2 aromatic carbocycles. The van der Waals surface area contributed by atoms with E-state index in [4.69, 9.17) is 0 Å². The molecule has 34 heavy (non-hydrogen) atoms. The van der Waals surface area contributed by atoms with Gasteiger partial charge in [0, 0.05) is 12.7 Å². The zero-order valence-electron chi connectivity index (χ0n) is 17.5. The summed E-state index contributed by atoms with van der Waals surface area (Å²) in [5.74, 6) is -3.26. The number of rotatable bonds is 5. The van der Waals surface area contributed by atoms with Crippen LogP contribution in [0.25, 0.3) is 16.7 Å². The highest BCUT2D eigenvalue weighted by atomic mass is 19.4. The predicted octanol–water partition coefficient (Wildman–Crippen LogP) is 3.27. The Morgan fingerprint density at radius 1 is 1.15 bits per heavy atom. The Morgan fingerprint density at radius 3 is 2.53 bits per heavy atom. The first-order valence-corrected chi connectivity index (χ1v) is 9.92. The molecule has 0 unspecified atom stereocenters. The highest BCUT2D eigenvalue weighted by molar-refractivity contribution is 5.87. The molecule has 0 amide bonds. The number of aryl methyl sites for hydroxylation is 1. The normalized spacial score (nSPS) is 11.8. The van der Waals surface area contributed by atoms with Gasteiger partial charge in [-0.3, -0.25) is 13.9 Å². The topological polar surface area (TPSA) is 99.1 Å². The molecule has 176 valence electrons. The number of benzene rings is 2. The third-order valence-corrected chi connectivity index (χ3v) is 5.34. The fourth-order valence-electron chi connectivity index (χ4n) is 3.72. The Balaban J connectivity index is 1.94. The minimum Gasteiger partial charge on any atom is -0.477 e. The van der Waals surface area contributed by atoms with Crippen molar-refractivity contribution in [3.05, 3.63) is 92.3 Å². The van der Waals surface area contributed by atoms with Crippen LogP contribution in [-0.4, -0.2) is 29.8 Å². The summed E-state index contributed by atoms with van der Waals surface area (Å²) in [6, 6.07) is 7.12. The summed E-state index contributed by atoms with van der Waals surface area (Å²) in [5, 5.41) is 9.47. The second kappa shape index (κ2) is 8.28. The van der Waals surface area contributed by atoms with Gasteiger partial charge in [0.1, 0.15) is 11.4 Å². The number of aromatic nitrogens is 4. The van der Waals surface area contributed by atoms with Gasteiger partial charge in [-0.05, 0) is 36.8 Å². The lowest BCUT2D eigenvalue weighted by Crippen LogP contribution is -2.42. The van der Waals surface area contributed by atoms with Crippen LogP contribution < -0.4 is 11.2 Å². The lowest BCUT2D eigenvalue weighted by atomic mass is 10.1. The summed E-state index contributed by atoms with van der Waals surface area (Å²) < 4.78 is 57.3. The maximum Gasteiger partial charge on any atom is 0.419 e. The lowest BCUT2D eigenvalue weighted by Gasteiger charge is -2.16. The van der Waals surface area contributed by atoms with Crippen LogP contribution >= 0.6 is 0 Å². The number of carbonyl (C=O) groups is 1. The number of aromatic carboxylic acids is 1. The third kappa shape index (κ3) is 3.87. The summed E-state index contributed by atoms with van der Waals surface area (Å²) >= 11 is 0. The van der Waals surface area contributed by atoms with Gasteiger partial charge in [-0.1, -0.05) is 12.1 Å². The van der Waals surface area contributed by atoms with Crippen LogP contribution in [-0.2, 0) is 19.3 Å². The van der Waals surface area contributed by atoms with Gasteiger partial charge in [-0.15, -0.1) is 0 Å². The van der Waals surface area contributed by atoms with E-state index in [1.165, 1.54) is 12.1 Å². The molecule has 2 aromatic heterocycles. The molecule has 1 N–H and O–H groups in total. The Hall–Kier alpha value is -4.22. The maximum atomic E-state index is 14.0. The molecule has 0 atom stereocenters. The molecule has 0 bridgehead atoms. The van der Waals surface area contributed by atoms with Gasteiger partial charge in [0.15, 0.2) is 0 Å². The van der Waals surface area contributed by atoms with Gasteiger partial charge >= 0.3 is 17.8 Å². The van der Waals surface area contributed by atoms with E-state index in [0.717, 1.165) is 28.4 Å². The molecule has 0 aliphatic carbocycles. The molecular formula is C22H16F4N4O4. The zero-order valence-corrected chi connectivity index (χ0v) is 17.5. The van der Waals surface area contributed by atoms with Crippen LogP contribution in [0.4, 0.5) is 17.6 Å². The number of halogens is 4. The summed E-state index contributed by atoms with van der Waals surface area (Å²) in [7, 11) is 0. The molecule has 2 heterocycles. The number of nitrogens with zero attached hydrogens (tertiary/aromatic N) is 4. The van der Waals surface area contributed by atoms with Crippen LogP contribution in [0.5, 0.6) is 0 Å². The minimum absolute atomic E-state index is 0.144. The van der Waals surface area contributed by atoms with Crippen LogP contribution in [0, 0.1) is 5.82 Å². The quantitative estimate of drug-likeness (QED) is 0.446. The number of carboxylic acid groups (broad SMARTS) is 1. The minimum atomic E-state index is -5.10. The Kier molecular flexibility index (Phi) is 5.59. The van der Waals surface area contributed by atoms with E-state index in [1.807, 2.05) is 11.5 Å². The lowest BCUT2D eigenvalue weighted by molar-refractivity contribution is -0.140. The van der Waals surface area contributed by atoms with Crippen molar-refractivity contribution < 1.29 is 27.5 Å². The fourth-order valence-corrected chi connectivity index (χ4v) is 3.72. The van der Waals surface area contributed by atoms with Gasteiger partial charge in [0.05, 0.1) is 35.2 Å². The van der Waals surface area contributed by atoms with E-state index < -0.39 is 52.4 Å². The van der Waals surface area contributed by atoms with Crippen LogP contribution in [0.1, 0.15) is 28.4 Å². The van der Waals surface area contributed by atoms with E-state index in [1.54, 1.807) is 12.4 Å². The first kappa shape index (κ1) is 23.0. The molecule has 4 aromatic rings. The molecule has 0 aliphatic heterocycles. The van der Waals surface area contributed by atoms with Gasteiger partial charge in [0.2, 0.25) is 0 Å². The highest BCUT2D eigenvalue weighted by Gasteiger charge is 2.37. The summed E-state index contributed by atoms with van der Waals surface area (Å²) in [6.45, 7) is 1.54. The first-order valence-electron chi connectivity index (χ1n) is 9.92. The smallest absolute Gasteiger partial charge is 0.419 e. The van der Waals surface area contributed by atoms with Crippen molar-refractivity contribution in [3.63, 3.8) is 0 Å². The van der Waals surface area contributed by atoms with Crippen molar-refractivity contribution >= 4 is 17.0 Å². The van der Waals surface area contributed by atoms with Crippen molar-refractivity contribution in [2.75, 3.05) is 0 Å². The summed E-state index contributed by atoms with van der Waals surface area (Å²) in [6.07, 6.45) is -2.72. The van der Waals surface area contributed by atoms with Crippen LogP contribution in [0.2, 0.25) is 0 Å². The summed E-state index contributed by atoms with van der Waals surface area (Å²) in [5.41, 5.74) is -4.23. The molecule has 0 saturated heterocycles. The van der Waals surface area contributed by atoms with Gasteiger partial charge in [-0.2, -0.15) is 13.2 Å². The number of imidazole rings is 1.